The van der Waals surface area contributed by atoms with E-state index in [0.717, 1.165) is 5.52 Å². The van der Waals surface area contributed by atoms with Crippen LogP contribution < -0.4 is 5.32 Å². The van der Waals surface area contributed by atoms with Crippen molar-refractivity contribution in [1.29, 1.82) is 0 Å². The minimum atomic E-state index is -0.0508. The molecular weight excluding hydrogens is 412 g/mol. The van der Waals surface area contributed by atoms with Gasteiger partial charge in [0.15, 0.2) is 0 Å². The second-order valence-electron chi connectivity index (χ2n) is 8.71. The first-order valence-electron chi connectivity index (χ1n) is 12.0. The smallest absolute Gasteiger partial charge is 0.319 e. The van der Waals surface area contributed by atoms with Gasteiger partial charge in [-0.1, -0.05) is 48.5 Å². The molecule has 1 atom stereocenters. The van der Waals surface area contributed by atoms with Gasteiger partial charge in [0.05, 0.1) is 0 Å². The number of piperidine rings is 1. The Balaban J connectivity index is 1.42. The topological polar surface area (TPSA) is 68.4 Å². The molecule has 6 nitrogen and oxygen atoms in total. The first-order valence-corrected chi connectivity index (χ1v) is 12.0. The number of fused-ring (bicyclic) bond motifs is 1. The third-order valence-electron chi connectivity index (χ3n) is 6.85. The van der Waals surface area contributed by atoms with Crippen molar-refractivity contribution in [3.8, 4) is 0 Å². The molecule has 0 bridgehead atoms. The van der Waals surface area contributed by atoms with Crippen LogP contribution in [-0.4, -0.2) is 59.4 Å². The predicted octanol–water partition coefficient (Wildman–Crippen LogP) is 4.59. The van der Waals surface area contributed by atoms with E-state index >= 15 is 0 Å². The second kappa shape index (κ2) is 10.6. The van der Waals surface area contributed by atoms with Gasteiger partial charge in [-0.05, 0) is 43.9 Å². The number of carbonyl (C=O) groups is 2. The van der Waals surface area contributed by atoms with Crippen LogP contribution in [0.25, 0.3) is 10.9 Å². The summed E-state index contributed by atoms with van der Waals surface area (Å²) in [6, 6.07) is 18.7. The highest BCUT2D eigenvalue weighted by atomic mass is 16.2. The van der Waals surface area contributed by atoms with Crippen molar-refractivity contribution < 1.29 is 9.59 Å². The second-order valence-corrected chi connectivity index (χ2v) is 8.71. The van der Waals surface area contributed by atoms with E-state index in [9.17, 15) is 9.59 Å². The molecule has 2 N–H and O–H groups in total. The number of amides is 3. The zero-order valence-electron chi connectivity index (χ0n) is 19.6. The van der Waals surface area contributed by atoms with Gasteiger partial charge in [-0.3, -0.25) is 4.79 Å². The van der Waals surface area contributed by atoms with Crippen LogP contribution in [0, 0.1) is 5.92 Å². The zero-order valence-corrected chi connectivity index (χ0v) is 19.6. The maximum atomic E-state index is 13.1. The molecule has 1 fully saturated rings. The van der Waals surface area contributed by atoms with Crippen LogP contribution in [0.4, 0.5) is 4.79 Å². The molecule has 33 heavy (non-hydrogen) atoms. The Morgan fingerprint density at radius 2 is 1.70 bits per heavy atom. The number of H-pyrrole nitrogens is 1. The van der Waals surface area contributed by atoms with Crippen LogP contribution in [0.15, 0.2) is 60.8 Å². The SMILES string of the molecule is CCN(CC)C(=O)N1CCC(C(=O)NCC(c2ccccc2)c2c[nH]c3ccccc23)CC1. The number of likely N-dealkylation sites (tertiary alicyclic amines) is 1. The molecular formula is C27H34N4O2. The molecule has 2 heterocycles. The number of hydrogen-bond acceptors (Lipinski definition) is 2. The van der Waals surface area contributed by atoms with Gasteiger partial charge >= 0.3 is 6.03 Å². The molecule has 0 aliphatic carbocycles. The monoisotopic (exact) mass is 446 g/mol. The number of carbonyl (C=O) groups excluding carboxylic acids is 2. The van der Waals surface area contributed by atoms with E-state index < -0.39 is 0 Å². The quantitative estimate of drug-likeness (QED) is 0.557. The normalized spacial score (nSPS) is 15.4. The van der Waals surface area contributed by atoms with Crippen LogP contribution in [0.3, 0.4) is 0 Å². The lowest BCUT2D eigenvalue weighted by molar-refractivity contribution is -0.126. The van der Waals surface area contributed by atoms with Gasteiger partial charge in [0.2, 0.25) is 5.91 Å². The molecule has 1 aromatic heterocycles. The highest BCUT2D eigenvalue weighted by molar-refractivity contribution is 5.84. The van der Waals surface area contributed by atoms with Crippen molar-refractivity contribution in [1.82, 2.24) is 20.1 Å². The Labute approximate surface area is 196 Å². The van der Waals surface area contributed by atoms with Crippen molar-refractivity contribution in [3.05, 3.63) is 71.9 Å². The highest BCUT2D eigenvalue weighted by Crippen LogP contribution is 2.30. The summed E-state index contributed by atoms with van der Waals surface area (Å²) in [5.74, 6) is 0.103. The number of aromatic nitrogens is 1. The summed E-state index contributed by atoms with van der Waals surface area (Å²) in [5, 5.41) is 4.41. The van der Waals surface area contributed by atoms with Crippen molar-refractivity contribution in [3.63, 3.8) is 0 Å². The third kappa shape index (κ3) is 5.05. The first kappa shape index (κ1) is 22.9. The number of urea groups is 1. The molecule has 3 amide bonds. The molecule has 174 valence electrons. The van der Waals surface area contributed by atoms with Crippen LogP contribution in [0.1, 0.15) is 43.7 Å². The average Bonchev–Trinajstić information content (AvgIpc) is 3.29. The molecule has 0 saturated carbocycles. The molecule has 1 saturated heterocycles. The first-order chi connectivity index (χ1) is 16.1. The molecule has 4 rings (SSSR count). The summed E-state index contributed by atoms with van der Waals surface area (Å²) in [6.07, 6.45) is 3.48. The van der Waals surface area contributed by atoms with E-state index in [1.807, 2.05) is 54.0 Å². The van der Waals surface area contributed by atoms with Gasteiger partial charge in [0.1, 0.15) is 0 Å². The lowest BCUT2D eigenvalue weighted by atomic mass is 9.90. The molecule has 1 aliphatic heterocycles. The Kier molecular flexibility index (Phi) is 7.33. The van der Waals surface area contributed by atoms with Crippen molar-refractivity contribution in [2.45, 2.75) is 32.6 Å². The number of benzene rings is 2. The van der Waals surface area contributed by atoms with Crippen LogP contribution in [0.5, 0.6) is 0 Å². The van der Waals surface area contributed by atoms with Gasteiger partial charge in [0.25, 0.3) is 0 Å². The molecule has 3 aromatic rings. The van der Waals surface area contributed by atoms with Gasteiger partial charge in [-0.2, -0.15) is 0 Å². The van der Waals surface area contributed by atoms with E-state index in [2.05, 4.69) is 40.8 Å². The predicted molar refractivity (Wildman–Crippen MR) is 132 cm³/mol. The minimum Gasteiger partial charge on any atom is -0.361 e. The summed E-state index contributed by atoms with van der Waals surface area (Å²) in [5.41, 5.74) is 3.48. The van der Waals surface area contributed by atoms with Crippen molar-refractivity contribution in [2.75, 3.05) is 32.7 Å². The summed E-state index contributed by atoms with van der Waals surface area (Å²) in [6.45, 7) is 7.24. The van der Waals surface area contributed by atoms with Gasteiger partial charge in [0, 0.05) is 61.7 Å². The molecule has 1 unspecified atom stereocenters. The van der Waals surface area contributed by atoms with E-state index in [1.165, 1.54) is 16.5 Å². The van der Waals surface area contributed by atoms with Crippen LogP contribution >= 0.6 is 0 Å². The Morgan fingerprint density at radius 3 is 2.39 bits per heavy atom. The van der Waals surface area contributed by atoms with E-state index in [1.54, 1.807) is 0 Å². The summed E-state index contributed by atoms with van der Waals surface area (Å²) in [4.78, 5) is 32.7. The van der Waals surface area contributed by atoms with E-state index in [4.69, 9.17) is 0 Å². The van der Waals surface area contributed by atoms with Crippen LogP contribution in [0.2, 0.25) is 0 Å². The fourth-order valence-corrected chi connectivity index (χ4v) is 4.85. The molecule has 0 radical (unpaired) electrons. The minimum absolute atomic E-state index is 0.0508. The van der Waals surface area contributed by atoms with Gasteiger partial charge in [-0.25, -0.2) is 4.79 Å². The number of aromatic amines is 1. The van der Waals surface area contributed by atoms with E-state index in [0.29, 0.717) is 45.6 Å². The van der Waals surface area contributed by atoms with Crippen molar-refractivity contribution in [2.24, 2.45) is 5.92 Å². The maximum Gasteiger partial charge on any atom is 0.319 e. The fourth-order valence-electron chi connectivity index (χ4n) is 4.85. The Bertz CT molecular complexity index is 1070. The summed E-state index contributed by atoms with van der Waals surface area (Å²) >= 11 is 0. The summed E-state index contributed by atoms with van der Waals surface area (Å²) < 4.78 is 0. The lowest BCUT2D eigenvalue weighted by Gasteiger charge is -2.34. The third-order valence-corrected chi connectivity index (χ3v) is 6.85. The number of rotatable bonds is 7. The van der Waals surface area contributed by atoms with Crippen LogP contribution in [-0.2, 0) is 4.79 Å². The van der Waals surface area contributed by atoms with Gasteiger partial charge < -0.3 is 20.1 Å². The largest absolute Gasteiger partial charge is 0.361 e. The van der Waals surface area contributed by atoms with Crippen molar-refractivity contribution >= 4 is 22.8 Å². The fraction of sp³-hybridized carbons (Fsp3) is 0.407. The van der Waals surface area contributed by atoms with Gasteiger partial charge in [-0.15, -0.1) is 0 Å². The molecule has 0 spiro atoms. The standard InChI is InChI=1S/C27H34N4O2/c1-3-30(4-2)27(33)31-16-14-21(15-17-31)26(32)29-18-23(20-10-6-5-7-11-20)24-19-28-25-13-9-8-12-22(24)25/h5-13,19,21,23,28H,3-4,14-18H2,1-2H3,(H,29,32). The zero-order chi connectivity index (χ0) is 23.2. The summed E-state index contributed by atoms with van der Waals surface area (Å²) in [7, 11) is 0. The number of para-hydroxylation sites is 1. The number of nitrogens with zero attached hydrogens (tertiary/aromatic N) is 2. The highest BCUT2D eigenvalue weighted by Gasteiger charge is 2.29. The average molecular weight is 447 g/mol. The molecule has 6 heteroatoms. The Hall–Kier alpha value is -3.28. The lowest BCUT2D eigenvalue weighted by Crippen LogP contribution is -2.48. The van der Waals surface area contributed by atoms with E-state index in [-0.39, 0.29) is 23.8 Å². The number of nitrogens with one attached hydrogen (secondary N) is 2. The maximum absolute atomic E-state index is 13.1. The molecule has 1 aliphatic rings. The molecule has 2 aromatic carbocycles. The Morgan fingerprint density at radius 1 is 1.03 bits per heavy atom. The number of hydrogen-bond donors (Lipinski definition) is 2.